The van der Waals surface area contributed by atoms with Crippen molar-refractivity contribution >= 4 is 5.91 Å². The molecule has 0 saturated heterocycles. The second-order valence-electron chi connectivity index (χ2n) is 6.21. The first-order valence-corrected chi connectivity index (χ1v) is 8.63. The van der Waals surface area contributed by atoms with Gasteiger partial charge in [-0.15, -0.1) is 0 Å². The van der Waals surface area contributed by atoms with E-state index in [4.69, 9.17) is 9.47 Å². The minimum Gasteiger partial charge on any atom is -0.493 e. The molecule has 4 heteroatoms. The van der Waals surface area contributed by atoms with Gasteiger partial charge in [0.25, 0.3) is 5.91 Å². The van der Waals surface area contributed by atoms with Crippen LogP contribution < -0.4 is 14.8 Å². The topological polar surface area (TPSA) is 47.6 Å². The van der Waals surface area contributed by atoms with Crippen molar-refractivity contribution in [1.82, 2.24) is 5.32 Å². The van der Waals surface area contributed by atoms with E-state index >= 15 is 0 Å². The molecule has 2 aromatic rings. The van der Waals surface area contributed by atoms with Crippen molar-refractivity contribution in [2.75, 3.05) is 14.2 Å². The fourth-order valence-electron chi connectivity index (χ4n) is 2.77. The average molecular weight is 341 g/mol. The number of ether oxygens (including phenoxy) is 2. The van der Waals surface area contributed by atoms with Crippen LogP contribution in [0.4, 0.5) is 0 Å². The molecule has 134 valence electrons. The second-order valence-corrected chi connectivity index (χ2v) is 6.21. The fourth-order valence-corrected chi connectivity index (χ4v) is 2.77. The highest BCUT2D eigenvalue weighted by atomic mass is 16.5. The maximum absolute atomic E-state index is 12.7. The van der Waals surface area contributed by atoms with E-state index in [1.807, 2.05) is 6.92 Å². The molecule has 2 atom stereocenters. The summed E-state index contributed by atoms with van der Waals surface area (Å²) in [4.78, 5) is 12.7. The van der Waals surface area contributed by atoms with E-state index in [1.165, 1.54) is 12.7 Å². The first-order chi connectivity index (χ1) is 12.0. The van der Waals surface area contributed by atoms with E-state index < -0.39 is 0 Å². The van der Waals surface area contributed by atoms with Crippen molar-refractivity contribution in [1.29, 1.82) is 0 Å². The van der Waals surface area contributed by atoms with Crippen molar-refractivity contribution in [3.63, 3.8) is 0 Å². The maximum Gasteiger partial charge on any atom is 0.255 e. The molecule has 2 rings (SSSR count). The van der Waals surface area contributed by atoms with E-state index in [-0.39, 0.29) is 11.9 Å². The maximum atomic E-state index is 12.7. The number of carbonyl (C=O) groups excluding carboxylic acids is 1. The molecule has 1 amide bonds. The number of carbonyl (C=O) groups is 1. The summed E-state index contributed by atoms with van der Waals surface area (Å²) < 4.78 is 10.6. The lowest BCUT2D eigenvalue weighted by Crippen LogP contribution is -2.27. The number of benzene rings is 2. The zero-order valence-corrected chi connectivity index (χ0v) is 15.6. The van der Waals surface area contributed by atoms with Gasteiger partial charge >= 0.3 is 0 Å². The fraction of sp³-hybridized carbons (Fsp3) is 0.381. The SMILES string of the molecule is CC[C@@H](C)c1ccc([C@H](C)NC(=O)c2cccc(OC)c2OC)cc1. The molecular weight excluding hydrogens is 314 g/mol. The zero-order valence-electron chi connectivity index (χ0n) is 15.6. The Morgan fingerprint density at radius 1 is 1.00 bits per heavy atom. The molecule has 1 N–H and O–H groups in total. The van der Waals surface area contributed by atoms with Gasteiger partial charge in [-0.3, -0.25) is 4.79 Å². The van der Waals surface area contributed by atoms with Gasteiger partial charge in [0.15, 0.2) is 11.5 Å². The van der Waals surface area contributed by atoms with Crippen LogP contribution in [0.25, 0.3) is 0 Å². The summed E-state index contributed by atoms with van der Waals surface area (Å²) in [7, 11) is 3.09. The van der Waals surface area contributed by atoms with Crippen LogP contribution >= 0.6 is 0 Å². The highest BCUT2D eigenvalue weighted by Gasteiger charge is 2.18. The molecule has 0 saturated carbocycles. The smallest absolute Gasteiger partial charge is 0.255 e. The van der Waals surface area contributed by atoms with Crippen LogP contribution in [-0.2, 0) is 0 Å². The molecule has 0 aromatic heterocycles. The van der Waals surface area contributed by atoms with Gasteiger partial charge in [0.05, 0.1) is 25.8 Å². The number of rotatable bonds is 7. The zero-order chi connectivity index (χ0) is 18.4. The standard InChI is InChI=1S/C21H27NO3/c1-6-14(2)16-10-12-17(13-11-16)15(3)22-21(23)18-8-7-9-19(24-4)20(18)25-5/h7-15H,6H2,1-5H3,(H,22,23)/t14-,15+/m1/s1. The van der Waals surface area contributed by atoms with E-state index in [2.05, 4.69) is 43.4 Å². The molecule has 2 aromatic carbocycles. The van der Waals surface area contributed by atoms with Crippen LogP contribution in [0.2, 0.25) is 0 Å². The summed E-state index contributed by atoms with van der Waals surface area (Å²) in [6.07, 6.45) is 1.11. The third-order valence-corrected chi connectivity index (χ3v) is 4.61. The van der Waals surface area contributed by atoms with Crippen LogP contribution in [0.5, 0.6) is 11.5 Å². The van der Waals surface area contributed by atoms with Gasteiger partial charge in [-0.25, -0.2) is 0 Å². The Balaban J connectivity index is 2.15. The van der Waals surface area contributed by atoms with Crippen LogP contribution in [-0.4, -0.2) is 20.1 Å². The molecule has 0 aliphatic rings. The lowest BCUT2D eigenvalue weighted by molar-refractivity contribution is 0.0936. The molecule has 0 spiro atoms. The van der Waals surface area contributed by atoms with Crippen LogP contribution in [0.1, 0.15) is 60.6 Å². The number of amides is 1. The molecule has 25 heavy (non-hydrogen) atoms. The highest BCUT2D eigenvalue weighted by molar-refractivity contribution is 5.98. The third-order valence-electron chi connectivity index (χ3n) is 4.61. The second kappa shape index (κ2) is 8.56. The molecule has 0 unspecified atom stereocenters. The molecule has 0 bridgehead atoms. The molecule has 0 radical (unpaired) electrons. The Morgan fingerprint density at radius 2 is 1.64 bits per heavy atom. The van der Waals surface area contributed by atoms with Crippen molar-refractivity contribution in [3.05, 3.63) is 59.2 Å². The predicted molar refractivity (Wildman–Crippen MR) is 101 cm³/mol. The Kier molecular flexibility index (Phi) is 6.45. The Morgan fingerprint density at radius 3 is 2.20 bits per heavy atom. The first-order valence-electron chi connectivity index (χ1n) is 8.63. The van der Waals surface area contributed by atoms with Crippen molar-refractivity contribution in [2.45, 2.75) is 39.2 Å². The largest absolute Gasteiger partial charge is 0.493 e. The van der Waals surface area contributed by atoms with Gasteiger partial charge < -0.3 is 14.8 Å². The monoisotopic (exact) mass is 341 g/mol. The third kappa shape index (κ3) is 4.32. The summed E-state index contributed by atoms with van der Waals surface area (Å²) in [6, 6.07) is 13.6. The molecule has 0 aliphatic heterocycles. The molecular formula is C21H27NO3. The average Bonchev–Trinajstić information content (AvgIpc) is 2.66. The quantitative estimate of drug-likeness (QED) is 0.793. The minimum atomic E-state index is -0.186. The number of methoxy groups -OCH3 is 2. The van der Waals surface area contributed by atoms with Crippen molar-refractivity contribution in [3.8, 4) is 11.5 Å². The Hall–Kier alpha value is -2.49. The number of nitrogens with one attached hydrogen (secondary N) is 1. The number of para-hydroxylation sites is 1. The molecule has 4 nitrogen and oxygen atoms in total. The van der Waals surface area contributed by atoms with Gasteiger partial charge in [-0.2, -0.15) is 0 Å². The van der Waals surface area contributed by atoms with Gasteiger partial charge in [-0.1, -0.05) is 44.2 Å². The van der Waals surface area contributed by atoms with Crippen molar-refractivity contribution in [2.24, 2.45) is 0 Å². The lowest BCUT2D eigenvalue weighted by Gasteiger charge is -2.18. The summed E-state index contributed by atoms with van der Waals surface area (Å²) in [5, 5.41) is 3.03. The molecule has 0 heterocycles. The van der Waals surface area contributed by atoms with Crippen LogP contribution in [0.15, 0.2) is 42.5 Å². The van der Waals surface area contributed by atoms with E-state index in [9.17, 15) is 4.79 Å². The van der Waals surface area contributed by atoms with Gasteiger partial charge in [-0.05, 0) is 42.5 Å². The van der Waals surface area contributed by atoms with E-state index in [1.54, 1.807) is 25.3 Å². The molecule has 0 fully saturated rings. The summed E-state index contributed by atoms with van der Waals surface area (Å²) >= 11 is 0. The lowest BCUT2D eigenvalue weighted by atomic mass is 9.96. The Labute approximate surface area is 150 Å². The Bertz CT molecular complexity index is 710. The van der Waals surface area contributed by atoms with Gasteiger partial charge in [0, 0.05) is 0 Å². The van der Waals surface area contributed by atoms with Crippen LogP contribution in [0, 0.1) is 0 Å². The van der Waals surface area contributed by atoms with Gasteiger partial charge in [0.1, 0.15) is 0 Å². The minimum absolute atomic E-state index is 0.102. The predicted octanol–water partition coefficient (Wildman–Crippen LogP) is 4.71. The van der Waals surface area contributed by atoms with Crippen LogP contribution in [0.3, 0.4) is 0 Å². The first kappa shape index (κ1) is 18.8. The summed E-state index contributed by atoms with van der Waals surface area (Å²) in [5.41, 5.74) is 2.85. The summed E-state index contributed by atoms with van der Waals surface area (Å²) in [5.74, 6) is 1.34. The normalized spacial score (nSPS) is 13.0. The van der Waals surface area contributed by atoms with E-state index in [0.29, 0.717) is 23.0 Å². The highest BCUT2D eigenvalue weighted by Crippen LogP contribution is 2.31. The van der Waals surface area contributed by atoms with E-state index in [0.717, 1.165) is 12.0 Å². The number of hydrogen-bond acceptors (Lipinski definition) is 3. The molecule has 0 aliphatic carbocycles. The van der Waals surface area contributed by atoms with Gasteiger partial charge in [0.2, 0.25) is 0 Å². The number of hydrogen-bond donors (Lipinski definition) is 1. The summed E-state index contributed by atoms with van der Waals surface area (Å²) in [6.45, 7) is 6.38. The van der Waals surface area contributed by atoms with Crippen molar-refractivity contribution < 1.29 is 14.3 Å².